The van der Waals surface area contributed by atoms with Crippen LogP contribution in [0, 0.1) is 10.8 Å². The minimum atomic E-state index is -0.345. The van der Waals surface area contributed by atoms with Crippen LogP contribution in [0.1, 0.15) is 47.5 Å². The molecule has 0 aliphatic rings. The van der Waals surface area contributed by atoms with E-state index in [-0.39, 0.29) is 23.0 Å². The van der Waals surface area contributed by atoms with Crippen LogP contribution in [-0.4, -0.2) is 17.3 Å². The van der Waals surface area contributed by atoms with Gasteiger partial charge in [0.2, 0.25) is 0 Å². The molecule has 0 radical (unpaired) electrons. The van der Waals surface area contributed by atoms with Gasteiger partial charge in [0.25, 0.3) is 0 Å². The zero-order valence-corrected chi connectivity index (χ0v) is 10.9. The molecule has 2 nitrogen and oxygen atoms in total. The molecule has 0 saturated carbocycles. The highest BCUT2D eigenvalue weighted by molar-refractivity contribution is 5.06. The van der Waals surface area contributed by atoms with Crippen molar-refractivity contribution in [3.05, 3.63) is 12.7 Å². The first-order chi connectivity index (χ1) is 6.64. The number of rotatable bonds is 6. The maximum absolute atomic E-state index is 9.41. The summed E-state index contributed by atoms with van der Waals surface area (Å²) in [5, 5.41) is 9.41. The van der Waals surface area contributed by atoms with Gasteiger partial charge in [0, 0.05) is 17.6 Å². The second-order valence-corrected chi connectivity index (χ2v) is 5.84. The third-order valence-electron chi connectivity index (χ3n) is 4.01. The van der Waals surface area contributed by atoms with Gasteiger partial charge in [-0.3, -0.25) is 0 Å². The van der Waals surface area contributed by atoms with Crippen molar-refractivity contribution >= 4 is 0 Å². The fourth-order valence-corrected chi connectivity index (χ4v) is 1.64. The first kappa shape index (κ1) is 14.7. The van der Waals surface area contributed by atoms with Crippen LogP contribution in [0.5, 0.6) is 0 Å². The van der Waals surface area contributed by atoms with Crippen molar-refractivity contribution in [3.63, 3.8) is 0 Å². The minimum absolute atomic E-state index is 0.0935. The molecule has 0 bridgehead atoms. The van der Waals surface area contributed by atoms with Gasteiger partial charge in [0.05, 0.1) is 0 Å². The topological polar surface area (TPSA) is 46.2 Å². The highest BCUT2D eigenvalue weighted by atomic mass is 16.3. The molecule has 15 heavy (non-hydrogen) atoms. The molecule has 0 aromatic heterocycles. The third kappa shape index (κ3) is 3.32. The molecule has 0 aromatic carbocycles. The van der Waals surface area contributed by atoms with E-state index < -0.39 is 0 Å². The highest BCUT2D eigenvalue weighted by Gasteiger charge is 2.40. The number of aliphatic hydroxyl groups excluding tert-OH is 1. The average molecular weight is 213 g/mol. The van der Waals surface area contributed by atoms with Gasteiger partial charge in [0.1, 0.15) is 0 Å². The van der Waals surface area contributed by atoms with E-state index in [0.29, 0.717) is 0 Å². The Labute approximate surface area is 94.6 Å². The van der Waals surface area contributed by atoms with Crippen LogP contribution in [0.25, 0.3) is 0 Å². The van der Waals surface area contributed by atoms with Gasteiger partial charge in [-0.05, 0) is 25.2 Å². The van der Waals surface area contributed by atoms with E-state index in [1.54, 1.807) is 0 Å². The molecule has 2 heteroatoms. The molecular weight excluding hydrogens is 186 g/mol. The van der Waals surface area contributed by atoms with Gasteiger partial charge < -0.3 is 10.8 Å². The van der Waals surface area contributed by atoms with Gasteiger partial charge in [-0.2, -0.15) is 0 Å². The largest absolute Gasteiger partial charge is 0.396 e. The van der Waals surface area contributed by atoms with Crippen LogP contribution in [-0.2, 0) is 0 Å². The van der Waals surface area contributed by atoms with Gasteiger partial charge in [-0.25, -0.2) is 0 Å². The van der Waals surface area contributed by atoms with Crippen molar-refractivity contribution in [2.45, 2.75) is 53.0 Å². The average Bonchev–Trinajstić information content (AvgIpc) is 2.16. The molecule has 2 unspecified atom stereocenters. The van der Waals surface area contributed by atoms with Crippen molar-refractivity contribution in [2.75, 3.05) is 6.61 Å². The first-order valence-electron chi connectivity index (χ1n) is 5.67. The molecule has 0 aromatic rings. The Morgan fingerprint density at radius 1 is 1.27 bits per heavy atom. The molecule has 0 spiro atoms. The zero-order valence-electron chi connectivity index (χ0n) is 10.9. The third-order valence-corrected chi connectivity index (χ3v) is 4.01. The Hall–Kier alpha value is -0.340. The molecule has 2 atom stereocenters. The van der Waals surface area contributed by atoms with Crippen LogP contribution >= 0.6 is 0 Å². The molecule has 0 heterocycles. The highest BCUT2D eigenvalue weighted by Crippen LogP contribution is 2.40. The van der Waals surface area contributed by atoms with Gasteiger partial charge in [0.15, 0.2) is 0 Å². The van der Waals surface area contributed by atoms with Crippen molar-refractivity contribution in [1.29, 1.82) is 0 Å². The normalized spacial score (nSPS) is 20.5. The van der Waals surface area contributed by atoms with Crippen LogP contribution in [0.4, 0.5) is 0 Å². The molecule has 0 fully saturated rings. The van der Waals surface area contributed by atoms with Crippen molar-refractivity contribution in [3.8, 4) is 0 Å². The van der Waals surface area contributed by atoms with E-state index >= 15 is 0 Å². The Morgan fingerprint density at radius 2 is 1.73 bits per heavy atom. The Bertz CT molecular complexity index is 215. The fraction of sp³-hybridized carbons (Fsp3) is 0.846. The summed E-state index contributed by atoms with van der Waals surface area (Å²) in [5.41, 5.74) is 5.80. The van der Waals surface area contributed by atoms with Crippen molar-refractivity contribution < 1.29 is 5.11 Å². The van der Waals surface area contributed by atoms with E-state index in [4.69, 9.17) is 5.73 Å². The SMILES string of the molecule is C=CC(C)(C)C(C)(N)CC(C)(CC)CO. The second kappa shape index (κ2) is 4.67. The maximum atomic E-state index is 9.41. The van der Waals surface area contributed by atoms with Crippen LogP contribution in [0.2, 0.25) is 0 Å². The predicted molar refractivity (Wildman–Crippen MR) is 66.7 cm³/mol. The number of hydrogen-bond donors (Lipinski definition) is 2. The Balaban J connectivity index is 4.84. The van der Waals surface area contributed by atoms with E-state index in [2.05, 4.69) is 34.3 Å². The van der Waals surface area contributed by atoms with E-state index in [1.165, 1.54) is 0 Å². The number of nitrogens with two attached hydrogens (primary N) is 1. The summed E-state index contributed by atoms with van der Waals surface area (Å²) >= 11 is 0. The molecular formula is C13H27NO. The first-order valence-corrected chi connectivity index (χ1v) is 5.67. The minimum Gasteiger partial charge on any atom is -0.396 e. The van der Waals surface area contributed by atoms with E-state index in [9.17, 15) is 5.11 Å². The standard InChI is InChI=1S/C13H27NO/c1-7-11(3,4)13(6,14)9-12(5,8-2)10-15/h7,15H,1,8-10,14H2,2-6H3. The quantitative estimate of drug-likeness (QED) is 0.666. The van der Waals surface area contributed by atoms with Crippen LogP contribution in [0.3, 0.4) is 0 Å². The van der Waals surface area contributed by atoms with Crippen LogP contribution < -0.4 is 5.73 Å². The number of aliphatic hydroxyl groups is 1. The lowest BCUT2D eigenvalue weighted by Crippen LogP contribution is -2.52. The molecule has 0 aliphatic heterocycles. The smallest absolute Gasteiger partial charge is 0.0485 e. The summed E-state index contributed by atoms with van der Waals surface area (Å²) in [6.07, 6.45) is 3.63. The zero-order chi connectivity index (χ0) is 12.3. The van der Waals surface area contributed by atoms with Crippen molar-refractivity contribution in [1.82, 2.24) is 0 Å². The predicted octanol–water partition coefficient (Wildman–Crippen LogP) is 2.71. The summed E-state index contributed by atoms with van der Waals surface area (Å²) in [6.45, 7) is 14.4. The molecule has 3 N–H and O–H groups in total. The summed E-state index contributed by atoms with van der Waals surface area (Å²) in [4.78, 5) is 0. The fourth-order valence-electron chi connectivity index (χ4n) is 1.64. The molecule has 0 amide bonds. The molecule has 0 saturated heterocycles. The summed E-state index contributed by atoms with van der Waals surface area (Å²) in [6, 6.07) is 0. The van der Waals surface area contributed by atoms with E-state index in [0.717, 1.165) is 12.8 Å². The summed E-state index contributed by atoms with van der Waals surface area (Å²) in [5.74, 6) is 0. The Kier molecular flexibility index (Phi) is 4.56. The molecule has 0 rings (SSSR count). The molecule has 0 aliphatic carbocycles. The van der Waals surface area contributed by atoms with Gasteiger partial charge >= 0.3 is 0 Å². The monoisotopic (exact) mass is 213 g/mol. The van der Waals surface area contributed by atoms with Crippen LogP contribution in [0.15, 0.2) is 12.7 Å². The van der Waals surface area contributed by atoms with Gasteiger partial charge in [-0.1, -0.05) is 33.8 Å². The Morgan fingerprint density at radius 3 is 2.00 bits per heavy atom. The van der Waals surface area contributed by atoms with Crippen molar-refractivity contribution in [2.24, 2.45) is 16.6 Å². The summed E-state index contributed by atoms with van der Waals surface area (Å²) in [7, 11) is 0. The summed E-state index contributed by atoms with van der Waals surface area (Å²) < 4.78 is 0. The van der Waals surface area contributed by atoms with Gasteiger partial charge in [-0.15, -0.1) is 6.58 Å². The molecule has 90 valence electrons. The lowest BCUT2D eigenvalue weighted by Gasteiger charge is -2.44. The lowest BCUT2D eigenvalue weighted by molar-refractivity contribution is 0.0744. The van der Waals surface area contributed by atoms with E-state index in [1.807, 2.05) is 13.0 Å². The number of hydrogen-bond acceptors (Lipinski definition) is 2. The second-order valence-electron chi connectivity index (χ2n) is 5.84. The lowest BCUT2D eigenvalue weighted by atomic mass is 9.65. The maximum Gasteiger partial charge on any atom is 0.0485 e.